The van der Waals surface area contributed by atoms with Crippen LogP contribution in [0.4, 0.5) is 0 Å². The number of aromatic nitrogens is 3. The van der Waals surface area contributed by atoms with Crippen molar-refractivity contribution in [1.29, 1.82) is 0 Å². The minimum absolute atomic E-state index is 0.536. The normalized spacial score (nSPS) is 11.9. The molecular formula is C17H13ClN3S+. The number of benzene rings is 1. The zero-order chi connectivity index (χ0) is 15.1. The van der Waals surface area contributed by atoms with Gasteiger partial charge in [0.25, 0.3) is 0 Å². The summed E-state index contributed by atoms with van der Waals surface area (Å²) in [5.74, 6) is 0. The number of fused-ring (bicyclic) bond motifs is 2. The van der Waals surface area contributed by atoms with Crippen LogP contribution >= 0.6 is 22.9 Å². The zero-order valence-corrected chi connectivity index (χ0v) is 13.5. The molecule has 0 unspecified atom stereocenters. The van der Waals surface area contributed by atoms with E-state index in [4.69, 9.17) is 11.6 Å². The van der Waals surface area contributed by atoms with Crippen molar-refractivity contribution < 1.29 is 4.57 Å². The molecule has 3 heterocycles. The highest BCUT2D eigenvalue weighted by Gasteiger charge is 2.10. The third-order valence-electron chi connectivity index (χ3n) is 3.75. The molecule has 3 aromatic heterocycles. The fourth-order valence-electron chi connectivity index (χ4n) is 2.63. The number of rotatable bonds is 2. The van der Waals surface area contributed by atoms with Gasteiger partial charge in [-0.2, -0.15) is 0 Å². The molecule has 3 nitrogen and oxygen atoms in total. The Labute approximate surface area is 136 Å². The number of halogens is 1. The lowest BCUT2D eigenvalue weighted by Gasteiger charge is -2.00. The first-order valence-electron chi connectivity index (χ1n) is 6.90. The average Bonchev–Trinajstić information content (AvgIpc) is 3.08. The molecule has 5 heteroatoms. The van der Waals surface area contributed by atoms with Crippen molar-refractivity contribution in [3.63, 3.8) is 0 Å². The molecule has 0 atom stereocenters. The summed E-state index contributed by atoms with van der Waals surface area (Å²) in [5.41, 5.74) is 3.27. The lowest BCUT2D eigenvalue weighted by atomic mass is 10.1. The summed E-state index contributed by atoms with van der Waals surface area (Å²) in [6.45, 7) is 0. The molecule has 0 bridgehead atoms. The van der Waals surface area contributed by atoms with E-state index < -0.39 is 0 Å². The standard InChI is InChI=1S/C17H13ClN3S/c1-20-9-8-12(13-4-2-3-5-14(13)20)6-7-15-16(18)19-17-21(15)10-11-22-17/h2-11H,1H3/q+1. The predicted molar refractivity (Wildman–Crippen MR) is 92.1 cm³/mol. The van der Waals surface area contributed by atoms with E-state index in [9.17, 15) is 0 Å². The maximum atomic E-state index is 6.24. The van der Waals surface area contributed by atoms with Crippen LogP contribution in [0.25, 0.3) is 28.0 Å². The van der Waals surface area contributed by atoms with Crippen LogP contribution in [0.5, 0.6) is 0 Å². The van der Waals surface area contributed by atoms with Crippen LogP contribution in [0.3, 0.4) is 0 Å². The van der Waals surface area contributed by atoms with Crippen molar-refractivity contribution in [2.45, 2.75) is 0 Å². The quantitative estimate of drug-likeness (QED) is 0.506. The summed E-state index contributed by atoms with van der Waals surface area (Å²) >= 11 is 7.82. The Kier molecular flexibility index (Phi) is 3.21. The van der Waals surface area contributed by atoms with Gasteiger partial charge in [0.1, 0.15) is 7.05 Å². The van der Waals surface area contributed by atoms with E-state index in [2.05, 4.69) is 59.2 Å². The molecule has 4 rings (SSSR count). The van der Waals surface area contributed by atoms with Crippen LogP contribution in [0, 0.1) is 0 Å². The molecule has 4 aromatic rings. The van der Waals surface area contributed by atoms with Crippen molar-refractivity contribution in [3.8, 4) is 0 Å². The second kappa shape index (κ2) is 5.23. The lowest BCUT2D eigenvalue weighted by Crippen LogP contribution is -2.28. The van der Waals surface area contributed by atoms with Crippen molar-refractivity contribution >= 4 is 51.0 Å². The van der Waals surface area contributed by atoms with Gasteiger partial charge in [-0.3, -0.25) is 4.40 Å². The zero-order valence-electron chi connectivity index (χ0n) is 11.9. The second-order valence-electron chi connectivity index (χ2n) is 5.08. The highest BCUT2D eigenvalue weighted by atomic mass is 35.5. The highest BCUT2D eigenvalue weighted by Crippen LogP contribution is 2.24. The molecule has 0 aliphatic rings. The van der Waals surface area contributed by atoms with E-state index in [0.717, 1.165) is 16.2 Å². The maximum Gasteiger partial charge on any atom is 0.212 e. The minimum atomic E-state index is 0.536. The topological polar surface area (TPSA) is 21.2 Å². The number of thiazole rings is 1. The summed E-state index contributed by atoms with van der Waals surface area (Å²) < 4.78 is 4.13. The monoisotopic (exact) mass is 326 g/mol. The number of para-hydroxylation sites is 1. The lowest BCUT2D eigenvalue weighted by molar-refractivity contribution is -0.644. The van der Waals surface area contributed by atoms with Gasteiger partial charge in [-0.25, -0.2) is 9.55 Å². The molecule has 0 fully saturated rings. The maximum absolute atomic E-state index is 6.24. The third-order valence-corrected chi connectivity index (χ3v) is 4.78. The molecule has 0 radical (unpaired) electrons. The second-order valence-corrected chi connectivity index (χ2v) is 6.31. The van der Waals surface area contributed by atoms with Gasteiger partial charge in [-0.1, -0.05) is 29.8 Å². The molecule has 0 aliphatic heterocycles. The summed E-state index contributed by atoms with van der Waals surface area (Å²) in [7, 11) is 2.05. The van der Waals surface area contributed by atoms with Gasteiger partial charge in [0, 0.05) is 23.7 Å². The SMILES string of the molecule is C[n+]1ccc(/C=C/c2c(Cl)nc3sccn23)c2ccccc21. The van der Waals surface area contributed by atoms with E-state index in [1.807, 2.05) is 22.1 Å². The van der Waals surface area contributed by atoms with Crippen LogP contribution in [-0.2, 0) is 7.05 Å². The highest BCUT2D eigenvalue weighted by molar-refractivity contribution is 7.15. The molecule has 0 aliphatic carbocycles. The Morgan fingerprint density at radius 2 is 2.09 bits per heavy atom. The Morgan fingerprint density at radius 1 is 1.23 bits per heavy atom. The van der Waals surface area contributed by atoms with Crippen molar-refractivity contribution in [1.82, 2.24) is 9.38 Å². The van der Waals surface area contributed by atoms with Gasteiger partial charge >= 0.3 is 0 Å². The van der Waals surface area contributed by atoms with Gasteiger partial charge in [-0.05, 0) is 17.7 Å². The first kappa shape index (κ1) is 13.5. The van der Waals surface area contributed by atoms with Crippen molar-refractivity contribution in [3.05, 3.63) is 64.5 Å². The first-order chi connectivity index (χ1) is 10.7. The van der Waals surface area contributed by atoms with E-state index in [-0.39, 0.29) is 0 Å². The van der Waals surface area contributed by atoms with Crippen molar-refractivity contribution in [2.75, 3.05) is 0 Å². The Morgan fingerprint density at radius 3 is 3.00 bits per heavy atom. The minimum Gasteiger partial charge on any atom is -0.289 e. The van der Waals surface area contributed by atoms with Crippen molar-refractivity contribution in [2.24, 2.45) is 7.05 Å². The summed E-state index contributed by atoms with van der Waals surface area (Å²) in [5, 5.41) is 3.76. The average molecular weight is 327 g/mol. The summed E-state index contributed by atoms with van der Waals surface area (Å²) in [6, 6.07) is 10.5. The van der Waals surface area contributed by atoms with Gasteiger partial charge < -0.3 is 0 Å². The number of nitrogens with zero attached hydrogens (tertiary/aromatic N) is 3. The number of pyridine rings is 1. The van der Waals surface area contributed by atoms with Crippen LogP contribution in [0.2, 0.25) is 5.15 Å². The number of imidazole rings is 1. The van der Waals surface area contributed by atoms with Gasteiger partial charge in [0.15, 0.2) is 16.3 Å². The third kappa shape index (κ3) is 2.12. The van der Waals surface area contributed by atoms with Gasteiger partial charge in [-0.15, -0.1) is 11.3 Å². The summed E-state index contributed by atoms with van der Waals surface area (Å²) in [6.07, 6.45) is 8.17. The van der Waals surface area contributed by atoms with Gasteiger partial charge in [0.05, 0.1) is 11.1 Å². The molecule has 0 saturated heterocycles. The predicted octanol–water partition coefficient (Wildman–Crippen LogP) is 4.20. The molecule has 0 spiro atoms. The smallest absolute Gasteiger partial charge is 0.212 e. The molecular weight excluding hydrogens is 314 g/mol. The molecule has 22 heavy (non-hydrogen) atoms. The molecule has 0 amide bonds. The first-order valence-corrected chi connectivity index (χ1v) is 8.16. The molecule has 1 aromatic carbocycles. The Hall–Kier alpha value is -2.17. The Bertz CT molecular complexity index is 1010. The van der Waals surface area contributed by atoms with E-state index in [1.54, 1.807) is 11.3 Å². The molecule has 108 valence electrons. The Balaban J connectivity index is 1.85. The van der Waals surface area contributed by atoms with E-state index >= 15 is 0 Å². The van der Waals surface area contributed by atoms with Crippen LogP contribution < -0.4 is 4.57 Å². The van der Waals surface area contributed by atoms with Crippen LogP contribution in [0.1, 0.15) is 11.3 Å². The molecule has 0 saturated carbocycles. The fourth-order valence-corrected chi connectivity index (χ4v) is 3.63. The molecule has 0 N–H and O–H groups in total. The van der Waals surface area contributed by atoms with E-state index in [0.29, 0.717) is 5.15 Å². The number of hydrogen-bond donors (Lipinski definition) is 0. The van der Waals surface area contributed by atoms with E-state index in [1.165, 1.54) is 10.9 Å². The van der Waals surface area contributed by atoms with Crippen LogP contribution in [-0.4, -0.2) is 9.38 Å². The summed E-state index contributed by atoms with van der Waals surface area (Å²) in [4.78, 5) is 5.26. The van der Waals surface area contributed by atoms with Gasteiger partial charge in [0.2, 0.25) is 5.52 Å². The fraction of sp³-hybridized carbons (Fsp3) is 0.0588. The van der Waals surface area contributed by atoms with Crippen LogP contribution in [0.15, 0.2) is 48.1 Å². The number of aryl methyl sites for hydroxylation is 1. The largest absolute Gasteiger partial charge is 0.289 e. The number of hydrogen-bond acceptors (Lipinski definition) is 2.